The molecule has 180 valence electrons. The van der Waals surface area contributed by atoms with Crippen LogP contribution < -0.4 is 15.0 Å². The molecule has 1 saturated heterocycles. The number of nitrogens with one attached hydrogen (secondary N) is 1. The van der Waals surface area contributed by atoms with E-state index >= 15 is 0 Å². The van der Waals surface area contributed by atoms with Gasteiger partial charge in [-0.2, -0.15) is 0 Å². The highest BCUT2D eigenvalue weighted by Crippen LogP contribution is 2.35. The Bertz CT molecular complexity index is 1080. The summed E-state index contributed by atoms with van der Waals surface area (Å²) in [7, 11) is 1.67. The predicted octanol–water partition coefficient (Wildman–Crippen LogP) is 4.09. The van der Waals surface area contributed by atoms with Crippen LogP contribution >= 0.6 is 11.8 Å². The van der Waals surface area contributed by atoms with Crippen LogP contribution in [0, 0.1) is 5.92 Å². The van der Waals surface area contributed by atoms with E-state index in [4.69, 9.17) is 4.74 Å². The zero-order valence-electron chi connectivity index (χ0n) is 20.0. The van der Waals surface area contributed by atoms with Crippen molar-refractivity contribution in [1.29, 1.82) is 0 Å². The first-order valence-corrected chi connectivity index (χ1v) is 12.6. The zero-order valence-corrected chi connectivity index (χ0v) is 20.8. The molecule has 2 aromatic heterocycles. The summed E-state index contributed by atoms with van der Waals surface area (Å²) in [5, 5.41) is 12.5. The number of aromatic nitrogens is 4. The van der Waals surface area contributed by atoms with Crippen molar-refractivity contribution in [3.8, 4) is 11.4 Å². The van der Waals surface area contributed by atoms with Gasteiger partial charge in [0.1, 0.15) is 5.75 Å². The van der Waals surface area contributed by atoms with Crippen molar-refractivity contribution < 1.29 is 9.53 Å². The number of nitrogens with zero attached hydrogens (tertiary/aromatic N) is 5. The van der Waals surface area contributed by atoms with Gasteiger partial charge in [0.15, 0.2) is 5.16 Å². The van der Waals surface area contributed by atoms with Gasteiger partial charge in [-0.25, -0.2) is 0 Å². The lowest BCUT2D eigenvalue weighted by Crippen LogP contribution is -2.35. The number of pyridine rings is 1. The highest BCUT2D eigenvalue weighted by Gasteiger charge is 2.29. The standard InChI is InChI=1S/C25H32N6O2S/c1-18(2)22(23(32)27-17-19-10-9-13-26-16-19)34-25-29-28-24(30-14-7-4-8-15-30)31(25)20-11-5-6-12-21(20)33-3/h5-6,9-13,16,18,22H,4,7-8,14-15,17H2,1-3H3,(H,27,32). The molecule has 1 unspecified atom stereocenters. The number of piperidine rings is 1. The Balaban J connectivity index is 1.64. The minimum atomic E-state index is -0.330. The SMILES string of the molecule is COc1ccccc1-n1c(SC(C(=O)NCc2cccnc2)C(C)C)nnc1N1CCCCC1. The molecule has 8 nitrogen and oxygen atoms in total. The number of rotatable bonds is 9. The summed E-state index contributed by atoms with van der Waals surface area (Å²) in [5.74, 6) is 1.60. The number of hydrogen-bond donors (Lipinski definition) is 1. The molecule has 0 spiro atoms. The molecule has 1 aromatic carbocycles. The molecular weight excluding hydrogens is 448 g/mol. The topological polar surface area (TPSA) is 85.2 Å². The Morgan fingerprint density at radius 2 is 1.91 bits per heavy atom. The fourth-order valence-electron chi connectivity index (χ4n) is 4.06. The van der Waals surface area contributed by atoms with Gasteiger partial charge in [0, 0.05) is 32.0 Å². The van der Waals surface area contributed by atoms with Crippen LogP contribution in [0.25, 0.3) is 5.69 Å². The van der Waals surface area contributed by atoms with E-state index in [0.29, 0.717) is 11.7 Å². The lowest BCUT2D eigenvalue weighted by Gasteiger charge is -2.28. The minimum Gasteiger partial charge on any atom is -0.495 e. The maximum absolute atomic E-state index is 13.2. The number of methoxy groups -OCH3 is 1. The van der Waals surface area contributed by atoms with Crippen LogP contribution in [0.5, 0.6) is 5.75 Å². The Morgan fingerprint density at radius 3 is 2.62 bits per heavy atom. The second-order valence-electron chi connectivity index (χ2n) is 8.70. The van der Waals surface area contributed by atoms with Gasteiger partial charge in [0.05, 0.1) is 18.0 Å². The first kappa shape index (κ1) is 24.1. The normalized spacial score (nSPS) is 14.8. The molecule has 1 fully saturated rings. The molecule has 1 N–H and O–H groups in total. The monoisotopic (exact) mass is 480 g/mol. The smallest absolute Gasteiger partial charge is 0.234 e. The summed E-state index contributed by atoms with van der Waals surface area (Å²) in [6.45, 7) is 6.43. The molecule has 4 rings (SSSR count). The zero-order chi connectivity index (χ0) is 23.9. The van der Waals surface area contributed by atoms with E-state index in [0.717, 1.165) is 48.9 Å². The van der Waals surface area contributed by atoms with Gasteiger partial charge in [0.25, 0.3) is 0 Å². The van der Waals surface area contributed by atoms with E-state index in [9.17, 15) is 4.79 Å². The number of anilines is 1. The molecule has 0 bridgehead atoms. The molecule has 3 heterocycles. The number of ether oxygens (including phenoxy) is 1. The highest BCUT2D eigenvalue weighted by molar-refractivity contribution is 8.00. The third-order valence-electron chi connectivity index (χ3n) is 5.87. The van der Waals surface area contributed by atoms with Crippen molar-refractivity contribution in [3.05, 3.63) is 54.4 Å². The first-order valence-electron chi connectivity index (χ1n) is 11.8. The number of thioether (sulfide) groups is 1. The average molecular weight is 481 g/mol. The van der Waals surface area contributed by atoms with Crippen LogP contribution in [0.4, 0.5) is 5.95 Å². The van der Waals surface area contributed by atoms with Crippen molar-refractivity contribution >= 4 is 23.6 Å². The van der Waals surface area contributed by atoms with Crippen molar-refractivity contribution in [2.75, 3.05) is 25.1 Å². The first-order chi connectivity index (χ1) is 16.6. The van der Waals surface area contributed by atoms with E-state index < -0.39 is 0 Å². The van der Waals surface area contributed by atoms with Gasteiger partial charge in [-0.05, 0) is 48.9 Å². The van der Waals surface area contributed by atoms with Crippen molar-refractivity contribution in [1.82, 2.24) is 25.1 Å². The van der Waals surface area contributed by atoms with Crippen molar-refractivity contribution in [2.24, 2.45) is 5.92 Å². The van der Waals surface area contributed by atoms with E-state index in [1.165, 1.54) is 18.2 Å². The third kappa shape index (κ3) is 5.52. The Morgan fingerprint density at radius 1 is 1.12 bits per heavy atom. The minimum absolute atomic E-state index is 0.0297. The lowest BCUT2D eigenvalue weighted by atomic mass is 10.1. The predicted molar refractivity (Wildman–Crippen MR) is 135 cm³/mol. The van der Waals surface area contributed by atoms with Gasteiger partial charge >= 0.3 is 0 Å². The second-order valence-corrected chi connectivity index (χ2v) is 9.81. The van der Waals surface area contributed by atoms with E-state index in [1.54, 1.807) is 19.5 Å². The molecule has 0 saturated carbocycles. The summed E-state index contributed by atoms with van der Waals surface area (Å²) in [4.78, 5) is 19.6. The number of para-hydroxylation sites is 2. The summed E-state index contributed by atoms with van der Waals surface area (Å²) in [5.41, 5.74) is 1.84. The maximum Gasteiger partial charge on any atom is 0.234 e. The van der Waals surface area contributed by atoms with Crippen molar-refractivity contribution in [3.63, 3.8) is 0 Å². The van der Waals surface area contributed by atoms with Crippen LogP contribution in [0.2, 0.25) is 0 Å². The van der Waals surface area contributed by atoms with Crippen LogP contribution in [-0.4, -0.2) is 51.1 Å². The fraction of sp³-hybridized carbons (Fsp3) is 0.440. The quantitative estimate of drug-likeness (QED) is 0.462. The average Bonchev–Trinajstić information content (AvgIpc) is 3.30. The summed E-state index contributed by atoms with van der Waals surface area (Å²) in [6, 6.07) is 11.7. The molecule has 0 aliphatic carbocycles. The molecular formula is C25H32N6O2S. The molecule has 1 aliphatic rings. The molecule has 3 aromatic rings. The molecule has 1 aliphatic heterocycles. The molecule has 1 atom stereocenters. The van der Waals surface area contributed by atoms with Gasteiger partial charge in [0.2, 0.25) is 11.9 Å². The second kappa shape index (κ2) is 11.4. The Kier molecular flexibility index (Phi) is 8.05. The largest absolute Gasteiger partial charge is 0.495 e. The maximum atomic E-state index is 13.2. The van der Waals surface area contributed by atoms with Crippen molar-refractivity contribution in [2.45, 2.75) is 50.1 Å². The van der Waals surface area contributed by atoms with E-state index in [2.05, 4.69) is 39.2 Å². The van der Waals surface area contributed by atoms with Crippen LogP contribution in [-0.2, 0) is 11.3 Å². The van der Waals surface area contributed by atoms with Gasteiger partial charge < -0.3 is 15.0 Å². The van der Waals surface area contributed by atoms with Gasteiger partial charge in [-0.15, -0.1) is 10.2 Å². The Labute approximate surface area is 205 Å². The molecule has 34 heavy (non-hydrogen) atoms. The Hall–Kier alpha value is -3.07. The number of carbonyl (C=O) groups is 1. The highest BCUT2D eigenvalue weighted by atomic mass is 32.2. The molecule has 0 radical (unpaired) electrons. The number of amides is 1. The number of carbonyl (C=O) groups excluding carboxylic acids is 1. The van der Waals surface area contributed by atoms with Gasteiger partial charge in [-0.1, -0.05) is 43.8 Å². The summed E-state index contributed by atoms with van der Waals surface area (Å²) < 4.78 is 7.70. The lowest BCUT2D eigenvalue weighted by molar-refractivity contribution is -0.121. The molecule has 1 amide bonds. The van der Waals surface area contributed by atoms with Crippen LogP contribution in [0.15, 0.2) is 53.9 Å². The van der Waals surface area contributed by atoms with Crippen LogP contribution in [0.1, 0.15) is 38.7 Å². The third-order valence-corrected chi connectivity index (χ3v) is 7.35. The molecule has 9 heteroatoms. The fourth-order valence-corrected chi connectivity index (χ4v) is 5.12. The van der Waals surface area contributed by atoms with Gasteiger partial charge in [-0.3, -0.25) is 14.3 Å². The summed E-state index contributed by atoms with van der Waals surface area (Å²) >= 11 is 1.45. The number of benzene rings is 1. The summed E-state index contributed by atoms with van der Waals surface area (Å²) in [6.07, 6.45) is 6.98. The van der Waals surface area contributed by atoms with Crippen LogP contribution in [0.3, 0.4) is 0 Å². The number of hydrogen-bond acceptors (Lipinski definition) is 7. The van der Waals surface area contributed by atoms with E-state index in [1.807, 2.05) is 41.0 Å². The van der Waals surface area contributed by atoms with E-state index in [-0.39, 0.29) is 17.1 Å².